The van der Waals surface area contributed by atoms with Crippen LogP contribution in [-0.4, -0.2) is 19.1 Å². The van der Waals surface area contributed by atoms with Gasteiger partial charge in [0.15, 0.2) is 0 Å². The zero-order valence-corrected chi connectivity index (χ0v) is 10.1. The summed E-state index contributed by atoms with van der Waals surface area (Å²) in [5.74, 6) is 0.873. The highest BCUT2D eigenvalue weighted by Crippen LogP contribution is 2.24. The first kappa shape index (κ1) is 11.1. The van der Waals surface area contributed by atoms with E-state index in [1.54, 1.807) is 18.4 Å². The molecular formula is C12H14N2OS. The van der Waals surface area contributed by atoms with E-state index in [1.807, 2.05) is 30.8 Å². The van der Waals surface area contributed by atoms with Crippen molar-refractivity contribution in [3.8, 4) is 5.75 Å². The molecule has 1 N–H and O–H groups in total. The van der Waals surface area contributed by atoms with E-state index in [2.05, 4.69) is 22.4 Å². The SMILES string of the molecule is CNC(c1ccc(OC)cc1)c1nccs1. The lowest BCUT2D eigenvalue weighted by atomic mass is 10.1. The number of ether oxygens (including phenoxy) is 1. The van der Waals surface area contributed by atoms with Crippen LogP contribution in [0, 0.1) is 0 Å². The van der Waals surface area contributed by atoms with Gasteiger partial charge in [0.25, 0.3) is 0 Å². The van der Waals surface area contributed by atoms with Crippen LogP contribution in [0.25, 0.3) is 0 Å². The number of rotatable bonds is 4. The maximum absolute atomic E-state index is 5.14. The molecule has 1 aromatic heterocycles. The molecule has 0 bridgehead atoms. The summed E-state index contributed by atoms with van der Waals surface area (Å²) >= 11 is 1.66. The first-order valence-corrected chi connectivity index (χ1v) is 5.93. The Morgan fingerprint density at radius 1 is 1.31 bits per heavy atom. The molecule has 3 nitrogen and oxygen atoms in total. The van der Waals surface area contributed by atoms with Gasteiger partial charge in [-0.25, -0.2) is 4.98 Å². The van der Waals surface area contributed by atoms with Crippen molar-refractivity contribution in [3.05, 3.63) is 46.4 Å². The number of nitrogens with one attached hydrogen (secondary N) is 1. The molecule has 0 aliphatic heterocycles. The minimum absolute atomic E-state index is 0.158. The van der Waals surface area contributed by atoms with Crippen molar-refractivity contribution in [2.24, 2.45) is 0 Å². The average Bonchev–Trinajstić information content (AvgIpc) is 2.85. The average molecular weight is 234 g/mol. The Morgan fingerprint density at radius 3 is 2.56 bits per heavy atom. The molecule has 1 unspecified atom stereocenters. The molecule has 0 saturated carbocycles. The zero-order valence-electron chi connectivity index (χ0n) is 9.31. The smallest absolute Gasteiger partial charge is 0.118 e. The lowest BCUT2D eigenvalue weighted by Crippen LogP contribution is -2.17. The largest absolute Gasteiger partial charge is 0.497 e. The van der Waals surface area contributed by atoms with Crippen LogP contribution in [0.15, 0.2) is 35.8 Å². The molecule has 0 saturated heterocycles. The first-order valence-electron chi connectivity index (χ1n) is 5.05. The summed E-state index contributed by atoms with van der Waals surface area (Å²) < 4.78 is 5.14. The second-order valence-electron chi connectivity index (χ2n) is 3.37. The molecule has 16 heavy (non-hydrogen) atoms. The topological polar surface area (TPSA) is 34.1 Å². The van der Waals surface area contributed by atoms with Gasteiger partial charge in [-0.1, -0.05) is 12.1 Å². The molecule has 4 heteroatoms. The maximum Gasteiger partial charge on any atom is 0.118 e. The van der Waals surface area contributed by atoms with Crippen molar-refractivity contribution in [1.29, 1.82) is 0 Å². The van der Waals surface area contributed by atoms with Gasteiger partial charge in [-0.3, -0.25) is 0 Å². The van der Waals surface area contributed by atoms with Crippen LogP contribution in [0.5, 0.6) is 5.75 Å². The van der Waals surface area contributed by atoms with Gasteiger partial charge in [-0.15, -0.1) is 11.3 Å². The Bertz CT molecular complexity index is 425. The third kappa shape index (κ3) is 2.23. The van der Waals surface area contributed by atoms with Gasteiger partial charge in [-0.2, -0.15) is 0 Å². The van der Waals surface area contributed by atoms with E-state index < -0.39 is 0 Å². The van der Waals surface area contributed by atoms with Crippen molar-refractivity contribution in [2.75, 3.05) is 14.2 Å². The van der Waals surface area contributed by atoms with Crippen molar-refractivity contribution >= 4 is 11.3 Å². The lowest BCUT2D eigenvalue weighted by Gasteiger charge is -2.14. The number of nitrogens with zero attached hydrogens (tertiary/aromatic N) is 1. The molecule has 2 aromatic rings. The Hall–Kier alpha value is -1.39. The summed E-state index contributed by atoms with van der Waals surface area (Å²) in [6, 6.07) is 8.20. The highest BCUT2D eigenvalue weighted by atomic mass is 32.1. The molecule has 0 fully saturated rings. The van der Waals surface area contributed by atoms with Crippen LogP contribution < -0.4 is 10.1 Å². The number of methoxy groups -OCH3 is 1. The third-order valence-corrected chi connectivity index (χ3v) is 3.28. The number of benzene rings is 1. The Balaban J connectivity index is 2.27. The Kier molecular flexibility index (Phi) is 3.54. The van der Waals surface area contributed by atoms with E-state index >= 15 is 0 Å². The van der Waals surface area contributed by atoms with Gasteiger partial charge in [-0.05, 0) is 24.7 Å². The summed E-state index contributed by atoms with van der Waals surface area (Å²) in [6.07, 6.45) is 1.83. The molecule has 84 valence electrons. The van der Waals surface area contributed by atoms with E-state index in [9.17, 15) is 0 Å². The van der Waals surface area contributed by atoms with Crippen LogP contribution in [0.4, 0.5) is 0 Å². The van der Waals surface area contributed by atoms with Crippen molar-refractivity contribution in [1.82, 2.24) is 10.3 Å². The van der Waals surface area contributed by atoms with Crippen molar-refractivity contribution in [2.45, 2.75) is 6.04 Å². The molecule has 1 aromatic carbocycles. The van der Waals surface area contributed by atoms with Gasteiger partial charge in [0.1, 0.15) is 10.8 Å². The minimum atomic E-state index is 0.158. The number of hydrogen-bond acceptors (Lipinski definition) is 4. The minimum Gasteiger partial charge on any atom is -0.497 e. The van der Waals surface area contributed by atoms with Crippen molar-refractivity contribution < 1.29 is 4.74 Å². The molecule has 0 aliphatic carbocycles. The van der Waals surface area contributed by atoms with E-state index in [0.717, 1.165) is 10.8 Å². The van der Waals surface area contributed by atoms with Gasteiger partial charge in [0, 0.05) is 11.6 Å². The monoisotopic (exact) mass is 234 g/mol. The number of thiazole rings is 1. The van der Waals surface area contributed by atoms with E-state index in [4.69, 9.17) is 4.74 Å². The van der Waals surface area contributed by atoms with E-state index in [1.165, 1.54) is 5.56 Å². The van der Waals surface area contributed by atoms with Crippen molar-refractivity contribution in [3.63, 3.8) is 0 Å². The second kappa shape index (κ2) is 5.09. The molecule has 1 heterocycles. The zero-order chi connectivity index (χ0) is 11.4. The van der Waals surface area contributed by atoms with Gasteiger partial charge < -0.3 is 10.1 Å². The molecule has 0 spiro atoms. The van der Waals surface area contributed by atoms with E-state index in [-0.39, 0.29) is 6.04 Å². The predicted molar refractivity (Wildman–Crippen MR) is 66.0 cm³/mol. The molecular weight excluding hydrogens is 220 g/mol. The molecule has 0 aliphatic rings. The number of aromatic nitrogens is 1. The molecule has 0 amide bonds. The fourth-order valence-electron chi connectivity index (χ4n) is 1.61. The predicted octanol–water partition coefficient (Wildman–Crippen LogP) is 2.46. The van der Waals surface area contributed by atoms with Crippen LogP contribution in [-0.2, 0) is 0 Å². The van der Waals surface area contributed by atoms with Gasteiger partial charge in [0.2, 0.25) is 0 Å². The summed E-state index contributed by atoms with van der Waals surface area (Å²) in [4.78, 5) is 4.33. The summed E-state index contributed by atoms with van der Waals surface area (Å²) in [6.45, 7) is 0. The number of hydrogen-bond donors (Lipinski definition) is 1. The second-order valence-corrected chi connectivity index (χ2v) is 4.29. The Morgan fingerprint density at radius 2 is 2.06 bits per heavy atom. The highest BCUT2D eigenvalue weighted by molar-refractivity contribution is 7.09. The highest BCUT2D eigenvalue weighted by Gasteiger charge is 2.13. The van der Waals surface area contributed by atoms with Crippen LogP contribution >= 0.6 is 11.3 Å². The third-order valence-electron chi connectivity index (χ3n) is 2.44. The molecule has 1 atom stereocenters. The van der Waals surface area contributed by atoms with Gasteiger partial charge in [0.05, 0.1) is 13.2 Å². The molecule has 2 rings (SSSR count). The normalized spacial score (nSPS) is 12.4. The standard InChI is InChI=1S/C12H14N2OS/c1-13-11(12-14-7-8-16-12)9-3-5-10(15-2)6-4-9/h3-8,11,13H,1-2H3. The van der Waals surface area contributed by atoms with E-state index in [0.29, 0.717) is 0 Å². The lowest BCUT2D eigenvalue weighted by molar-refractivity contribution is 0.414. The summed E-state index contributed by atoms with van der Waals surface area (Å²) in [7, 11) is 3.61. The van der Waals surface area contributed by atoms with Gasteiger partial charge >= 0.3 is 0 Å². The summed E-state index contributed by atoms with van der Waals surface area (Å²) in [5.41, 5.74) is 1.19. The quantitative estimate of drug-likeness (QED) is 0.882. The summed E-state index contributed by atoms with van der Waals surface area (Å²) in [5, 5.41) is 6.33. The maximum atomic E-state index is 5.14. The Labute approximate surface area is 99.1 Å². The van der Waals surface area contributed by atoms with Crippen LogP contribution in [0.2, 0.25) is 0 Å². The molecule has 0 radical (unpaired) electrons. The first-order chi connectivity index (χ1) is 7.85. The fraction of sp³-hybridized carbons (Fsp3) is 0.250. The van der Waals surface area contributed by atoms with Crippen LogP contribution in [0.1, 0.15) is 16.6 Å². The van der Waals surface area contributed by atoms with Crippen LogP contribution in [0.3, 0.4) is 0 Å². The fourth-order valence-corrected chi connectivity index (χ4v) is 2.38.